The van der Waals surface area contributed by atoms with Crippen molar-refractivity contribution in [2.24, 2.45) is 5.73 Å². The van der Waals surface area contributed by atoms with Crippen LogP contribution in [0.2, 0.25) is 0 Å². The first-order valence-corrected chi connectivity index (χ1v) is 4.28. The number of nitrogens with two attached hydrogens (primary N) is 1. The molecule has 0 aliphatic heterocycles. The van der Waals surface area contributed by atoms with Crippen molar-refractivity contribution in [2.75, 3.05) is 0 Å². The molecule has 1 aromatic carbocycles. The lowest BCUT2D eigenvalue weighted by atomic mass is 10.2. The van der Waals surface area contributed by atoms with Gasteiger partial charge in [0.2, 0.25) is 0 Å². The summed E-state index contributed by atoms with van der Waals surface area (Å²) in [5, 5.41) is 0. The van der Waals surface area contributed by atoms with E-state index in [0.717, 1.165) is 0 Å². The smallest absolute Gasteiger partial charge is 0.407 e. The monoisotopic (exact) mass is 209 g/mol. The van der Waals surface area contributed by atoms with Gasteiger partial charge in [-0.05, 0) is 0 Å². The first kappa shape index (κ1) is 11.0. The second-order valence-electron chi connectivity index (χ2n) is 2.79. The maximum atomic E-state index is 10.8. The summed E-state index contributed by atoms with van der Waals surface area (Å²) in [7, 11) is 0. The van der Waals surface area contributed by atoms with Crippen LogP contribution in [0.15, 0.2) is 30.3 Å². The maximum absolute atomic E-state index is 10.8. The number of carbonyl (C=O) groups is 2. The van der Waals surface area contributed by atoms with Crippen molar-refractivity contribution < 1.29 is 19.1 Å². The van der Waals surface area contributed by atoms with Crippen molar-refractivity contribution >= 4 is 12.1 Å². The van der Waals surface area contributed by atoms with E-state index in [1.165, 1.54) is 6.92 Å². The summed E-state index contributed by atoms with van der Waals surface area (Å²) in [5.74, 6) is -0.551. The van der Waals surface area contributed by atoms with E-state index < -0.39 is 18.4 Å². The van der Waals surface area contributed by atoms with E-state index in [4.69, 9.17) is 10.5 Å². The van der Waals surface area contributed by atoms with Gasteiger partial charge in [0.25, 0.3) is 6.29 Å². The van der Waals surface area contributed by atoms with E-state index in [1.54, 1.807) is 30.3 Å². The largest absolute Gasteiger partial charge is 0.421 e. The van der Waals surface area contributed by atoms with Crippen molar-refractivity contribution in [3.05, 3.63) is 35.9 Å². The van der Waals surface area contributed by atoms with E-state index in [-0.39, 0.29) is 0 Å². The molecule has 0 saturated carbocycles. The number of hydrogen-bond donors (Lipinski definition) is 1. The molecule has 0 heterocycles. The van der Waals surface area contributed by atoms with E-state index >= 15 is 0 Å². The Labute approximate surface area is 86.8 Å². The van der Waals surface area contributed by atoms with Gasteiger partial charge >= 0.3 is 12.1 Å². The standard InChI is InChI=1S/C10H11NO4/c1-7(12)14-9(15-10(11)13)8-5-3-2-4-6-8/h2-6,9H,1H3,(H2,11,13). The van der Waals surface area contributed by atoms with Gasteiger partial charge in [0.15, 0.2) is 0 Å². The highest BCUT2D eigenvalue weighted by molar-refractivity contribution is 5.67. The molecule has 2 N–H and O–H groups in total. The molecular weight excluding hydrogens is 198 g/mol. The van der Waals surface area contributed by atoms with Crippen LogP contribution in [0, 0.1) is 0 Å². The molecule has 5 heteroatoms. The highest BCUT2D eigenvalue weighted by Gasteiger charge is 2.17. The highest BCUT2D eigenvalue weighted by atomic mass is 16.7. The van der Waals surface area contributed by atoms with Crippen LogP contribution in [-0.2, 0) is 14.3 Å². The molecule has 0 aliphatic rings. The summed E-state index contributed by atoms with van der Waals surface area (Å²) in [4.78, 5) is 21.3. The Kier molecular flexibility index (Phi) is 3.68. The lowest BCUT2D eigenvalue weighted by Crippen LogP contribution is -2.20. The number of carbonyl (C=O) groups excluding carboxylic acids is 2. The molecule has 0 spiro atoms. The summed E-state index contributed by atoms with van der Waals surface area (Å²) in [5.41, 5.74) is 5.40. The Hall–Kier alpha value is -2.04. The number of primary amides is 1. The van der Waals surface area contributed by atoms with Gasteiger partial charge in [-0.25, -0.2) is 4.79 Å². The van der Waals surface area contributed by atoms with E-state index in [9.17, 15) is 9.59 Å². The summed E-state index contributed by atoms with van der Waals surface area (Å²) < 4.78 is 9.43. The van der Waals surface area contributed by atoms with Crippen LogP contribution in [0.4, 0.5) is 4.79 Å². The average Bonchev–Trinajstić information content (AvgIpc) is 2.17. The van der Waals surface area contributed by atoms with Gasteiger partial charge in [-0.3, -0.25) is 4.79 Å². The Bertz CT molecular complexity index is 334. The molecule has 1 rings (SSSR count). The fourth-order valence-electron chi connectivity index (χ4n) is 1.03. The maximum Gasteiger partial charge on any atom is 0.407 e. The van der Waals surface area contributed by atoms with Crippen molar-refractivity contribution in [1.29, 1.82) is 0 Å². The first-order chi connectivity index (χ1) is 7.09. The minimum atomic E-state index is -1.08. The van der Waals surface area contributed by atoms with Gasteiger partial charge in [-0.15, -0.1) is 0 Å². The molecule has 0 radical (unpaired) electrons. The molecule has 1 unspecified atom stereocenters. The minimum Gasteiger partial charge on any atom is -0.421 e. The molecule has 0 fully saturated rings. The Balaban J connectivity index is 2.81. The van der Waals surface area contributed by atoms with Gasteiger partial charge in [0.05, 0.1) is 0 Å². The number of esters is 1. The fraction of sp³-hybridized carbons (Fsp3) is 0.200. The average molecular weight is 209 g/mol. The minimum absolute atomic E-state index is 0.548. The summed E-state index contributed by atoms with van der Waals surface area (Å²) in [6.45, 7) is 1.22. The number of rotatable bonds is 3. The second-order valence-corrected chi connectivity index (χ2v) is 2.79. The summed E-state index contributed by atoms with van der Waals surface area (Å²) in [6, 6.07) is 8.58. The van der Waals surface area contributed by atoms with E-state index in [0.29, 0.717) is 5.56 Å². The molecule has 1 amide bonds. The predicted octanol–water partition coefficient (Wildman–Crippen LogP) is 1.34. The molecule has 0 aromatic heterocycles. The third-order valence-corrected chi connectivity index (χ3v) is 1.57. The molecule has 0 aliphatic carbocycles. The Morgan fingerprint density at radius 3 is 2.27 bits per heavy atom. The van der Waals surface area contributed by atoms with Crippen molar-refractivity contribution in [3.8, 4) is 0 Å². The summed E-state index contributed by atoms with van der Waals surface area (Å²) in [6.07, 6.45) is -2.08. The predicted molar refractivity (Wildman–Crippen MR) is 51.6 cm³/mol. The molecule has 1 aromatic rings. The van der Waals surface area contributed by atoms with Crippen molar-refractivity contribution in [3.63, 3.8) is 0 Å². The molecule has 0 saturated heterocycles. The van der Waals surface area contributed by atoms with Crippen LogP contribution >= 0.6 is 0 Å². The van der Waals surface area contributed by atoms with E-state index in [1.807, 2.05) is 0 Å². The first-order valence-electron chi connectivity index (χ1n) is 4.28. The van der Waals surface area contributed by atoms with Gasteiger partial charge in [-0.2, -0.15) is 0 Å². The van der Waals surface area contributed by atoms with Crippen LogP contribution in [0.3, 0.4) is 0 Å². The molecule has 0 bridgehead atoms. The fourth-order valence-corrected chi connectivity index (χ4v) is 1.03. The normalized spacial score (nSPS) is 11.5. The zero-order valence-electron chi connectivity index (χ0n) is 8.17. The SMILES string of the molecule is CC(=O)OC(OC(N)=O)c1ccccc1. The number of hydrogen-bond acceptors (Lipinski definition) is 4. The van der Waals surface area contributed by atoms with Crippen LogP contribution in [-0.4, -0.2) is 12.1 Å². The third-order valence-electron chi connectivity index (χ3n) is 1.57. The van der Waals surface area contributed by atoms with Gasteiger partial charge in [0.1, 0.15) is 0 Å². The number of benzene rings is 1. The number of ether oxygens (including phenoxy) is 2. The molecule has 5 nitrogen and oxygen atoms in total. The second kappa shape index (κ2) is 4.99. The van der Waals surface area contributed by atoms with Crippen LogP contribution in [0.5, 0.6) is 0 Å². The van der Waals surface area contributed by atoms with Crippen molar-refractivity contribution in [2.45, 2.75) is 13.2 Å². The molecule has 1 atom stereocenters. The quantitative estimate of drug-likeness (QED) is 0.601. The lowest BCUT2D eigenvalue weighted by Gasteiger charge is -2.15. The molecular formula is C10H11NO4. The zero-order chi connectivity index (χ0) is 11.3. The summed E-state index contributed by atoms with van der Waals surface area (Å²) >= 11 is 0. The third kappa shape index (κ3) is 3.68. The molecule has 15 heavy (non-hydrogen) atoms. The van der Waals surface area contributed by atoms with E-state index in [2.05, 4.69) is 4.74 Å². The number of amides is 1. The lowest BCUT2D eigenvalue weighted by molar-refractivity contribution is -0.166. The Morgan fingerprint density at radius 1 is 1.20 bits per heavy atom. The van der Waals surface area contributed by atoms with Gasteiger partial charge in [0, 0.05) is 12.5 Å². The zero-order valence-corrected chi connectivity index (χ0v) is 8.17. The van der Waals surface area contributed by atoms with Gasteiger partial charge in [-0.1, -0.05) is 30.3 Å². The van der Waals surface area contributed by atoms with Crippen molar-refractivity contribution in [1.82, 2.24) is 0 Å². The van der Waals surface area contributed by atoms with Gasteiger partial charge < -0.3 is 15.2 Å². The highest BCUT2D eigenvalue weighted by Crippen LogP contribution is 2.18. The van der Waals surface area contributed by atoms with Crippen LogP contribution < -0.4 is 5.73 Å². The Morgan fingerprint density at radius 2 is 1.80 bits per heavy atom. The van der Waals surface area contributed by atoms with Crippen LogP contribution in [0.1, 0.15) is 18.8 Å². The topological polar surface area (TPSA) is 78.6 Å². The molecule has 80 valence electrons. The van der Waals surface area contributed by atoms with Crippen LogP contribution in [0.25, 0.3) is 0 Å².